The molecule has 0 bridgehead atoms. The minimum atomic E-state index is 0.788. The van der Waals surface area contributed by atoms with E-state index >= 15 is 0 Å². The summed E-state index contributed by atoms with van der Waals surface area (Å²) in [6.45, 7) is 6.12. The van der Waals surface area contributed by atoms with Crippen molar-refractivity contribution in [1.82, 2.24) is 9.97 Å². The van der Waals surface area contributed by atoms with Crippen LogP contribution in [-0.2, 0) is 0 Å². The summed E-state index contributed by atoms with van der Waals surface area (Å²) in [6, 6.07) is 8.17. The van der Waals surface area contributed by atoms with Gasteiger partial charge >= 0.3 is 0 Å². The first-order valence-electron chi connectivity index (χ1n) is 5.72. The van der Waals surface area contributed by atoms with Gasteiger partial charge < -0.3 is 5.32 Å². The lowest BCUT2D eigenvalue weighted by Gasteiger charge is -2.11. The fraction of sp³-hybridized carbons (Fsp3) is 0.286. The van der Waals surface area contributed by atoms with Crippen LogP contribution in [0.1, 0.15) is 16.8 Å². The van der Waals surface area contributed by atoms with Gasteiger partial charge in [0, 0.05) is 23.9 Å². The van der Waals surface area contributed by atoms with Crippen molar-refractivity contribution in [2.75, 3.05) is 12.4 Å². The van der Waals surface area contributed by atoms with E-state index in [9.17, 15) is 0 Å². The fourth-order valence-corrected chi connectivity index (χ4v) is 1.82. The maximum absolute atomic E-state index is 4.56. The molecule has 1 N–H and O–H groups in total. The second-order valence-electron chi connectivity index (χ2n) is 4.17. The molecule has 17 heavy (non-hydrogen) atoms. The summed E-state index contributed by atoms with van der Waals surface area (Å²) in [5.74, 6) is 1.69. The molecular weight excluding hydrogens is 210 g/mol. The predicted octanol–water partition coefficient (Wildman–Crippen LogP) is 3.11. The summed E-state index contributed by atoms with van der Waals surface area (Å²) < 4.78 is 0. The Balaban J connectivity index is 2.61. The number of nitrogens with one attached hydrogen (secondary N) is 1. The Morgan fingerprint density at radius 2 is 1.71 bits per heavy atom. The zero-order valence-corrected chi connectivity index (χ0v) is 10.7. The van der Waals surface area contributed by atoms with E-state index in [1.165, 1.54) is 5.56 Å². The van der Waals surface area contributed by atoms with E-state index in [0.717, 1.165) is 28.5 Å². The third-order valence-corrected chi connectivity index (χ3v) is 3.01. The maximum Gasteiger partial charge on any atom is 0.162 e. The summed E-state index contributed by atoms with van der Waals surface area (Å²) in [7, 11) is 1.89. The standard InChI is InChI=1S/C14H17N3/c1-9-7-5-6-8-12(9)14-16-11(3)10(2)13(15-4)17-14/h5-8H,1-4H3,(H,15,16,17). The third kappa shape index (κ3) is 2.13. The monoisotopic (exact) mass is 227 g/mol. The fourth-order valence-electron chi connectivity index (χ4n) is 1.82. The van der Waals surface area contributed by atoms with Crippen LogP contribution in [0, 0.1) is 20.8 Å². The average Bonchev–Trinajstić information content (AvgIpc) is 2.33. The first-order chi connectivity index (χ1) is 8.13. The van der Waals surface area contributed by atoms with Gasteiger partial charge in [-0.05, 0) is 26.3 Å². The van der Waals surface area contributed by atoms with Crippen LogP contribution < -0.4 is 5.32 Å². The SMILES string of the molecule is CNc1nc(-c2ccccc2C)nc(C)c1C. The van der Waals surface area contributed by atoms with E-state index in [1.807, 2.05) is 33.0 Å². The largest absolute Gasteiger partial charge is 0.373 e. The molecule has 1 aromatic heterocycles. The number of aryl methyl sites for hydroxylation is 2. The van der Waals surface area contributed by atoms with Crippen molar-refractivity contribution < 1.29 is 0 Å². The van der Waals surface area contributed by atoms with Crippen molar-refractivity contribution in [1.29, 1.82) is 0 Å². The normalized spacial score (nSPS) is 10.4. The zero-order chi connectivity index (χ0) is 12.4. The molecule has 0 radical (unpaired) electrons. The van der Waals surface area contributed by atoms with Crippen molar-refractivity contribution in [2.24, 2.45) is 0 Å². The summed E-state index contributed by atoms with van der Waals surface area (Å²) in [4.78, 5) is 9.12. The highest BCUT2D eigenvalue weighted by atomic mass is 15.0. The summed E-state index contributed by atoms with van der Waals surface area (Å²) in [5, 5.41) is 3.11. The Hall–Kier alpha value is -1.90. The molecular formula is C14H17N3. The highest BCUT2D eigenvalue weighted by Crippen LogP contribution is 2.23. The molecule has 1 heterocycles. The van der Waals surface area contributed by atoms with E-state index in [2.05, 4.69) is 34.3 Å². The molecule has 0 saturated carbocycles. The Kier molecular flexibility index (Phi) is 3.09. The Labute approximate surface area is 102 Å². The lowest BCUT2D eigenvalue weighted by Crippen LogP contribution is -2.03. The van der Waals surface area contributed by atoms with Crippen LogP contribution in [0.4, 0.5) is 5.82 Å². The number of rotatable bonds is 2. The summed E-state index contributed by atoms with van der Waals surface area (Å²) >= 11 is 0. The van der Waals surface area contributed by atoms with E-state index in [0.29, 0.717) is 0 Å². The van der Waals surface area contributed by atoms with Gasteiger partial charge in [0.15, 0.2) is 5.82 Å². The molecule has 88 valence electrons. The quantitative estimate of drug-likeness (QED) is 0.856. The van der Waals surface area contributed by atoms with Gasteiger partial charge in [0.1, 0.15) is 5.82 Å². The van der Waals surface area contributed by atoms with Crippen LogP contribution >= 0.6 is 0 Å². The second kappa shape index (κ2) is 4.53. The van der Waals surface area contributed by atoms with Gasteiger partial charge in [-0.3, -0.25) is 0 Å². The lowest BCUT2D eigenvalue weighted by atomic mass is 10.1. The Morgan fingerprint density at radius 3 is 2.35 bits per heavy atom. The molecule has 0 unspecified atom stereocenters. The topological polar surface area (TPSA) is 37.8 Å². The zero-order valence-electron chi connectivity index (χ0n) is 10.7. The average molecular weight is 227 g/mol. The van der Waals surface area contributed by atoms with Gasteiger partial charge in [-0.1, -0.05) is 24.3 Å². The summed E-state index contributed by atoms with van der Waals surface area (Å²) in [6.07, 6.45) is 0. The molecule has 0 aliphatic carbocycles. The number of hydrogen-bond acceptors (Lipinski definition) is 3. The first-order valence-corrected chi connectivity index (χ1v) is 5.72. The van der Waals surface area contributed by atoms with E-state index in [-0.39, 0.29) is 0 Å². The molecule has 1 aromatic carbocycles. The van der Waals surface area contributed by atoms with Crippen molar-refractivity contribution >= 4 is 5.82 Å². The second-order valence-corrected chi connectivity index (χ2v) is 4.17. The van der Waals surface area contributed by atoms with Gasteiger partial charge in [-0.2, -0.15) is 0 Å². The molecule has 0 atom stereocenters. The van der Waals surface area contributed by atoms with E-state index < -0.39 is 0 Å². The molecule has 0 amide bonds. The van der Waals surface area contributed by atoms with Gasteiger partial charge in [-0.15, -0.1) is 0 Å². The van der Waals surface area contributed by atoms with Crippen molar-refractivity contribution in [3.63, 3.8) is 0 Å². The molecule has 0 saturated heterocycles. The number of hydrogen-bond donors (Lipinski definition) is 1. The number of anilines is 1. The van der Waals surface area contributed by atoms with Crippen LogP contribution in [0.2, 0.25) is 0 Å². The van der Waals surface area contributed by atoms with Crippen LogP contribution in [0.3, 0.4) is 0 Å². The molecule has 2 aromatic rings. The maximum atomic E-state index is 4.56. The molecule has 0 aliphatic rings. The van der Waals surface area contributed by atoms with Gasteiger partial charge in [-0.25, -0.2) is 9.97 Å². The van der Waals surface area contributed by atoms with Crippen LogP contribution in [0.5, 0.6) is 0 Å². The molecule has 3 heteroatoms. The first kappa shape index (κ1) is 11.6. The van der Waals surface area contributed by atoms with Crippen LogP contribution in [0.15, 0.2) is 24.3 Å². The predicted molar refractivity (Wildman–Crippen MR) is 71.2 cm³/mol. The van der Waals surface area contributed by atoms with Crippen LogP contribution in [0.25, 0.3) is 11.4 Å². The van der Waals surface area contributed by atoms with E-state index in [4.69, 9.17) is 0 Å². The molecule has 0 spiro atoms. The lowest BCUT2D eigenvalue weighted by molar-refractivity contribution is 1.07. The minimum absolute atomic E-state index is 0.788. The molecule has 2 rings (SSSR count). The van der Waals surface area contributed by atoms with Gasteiger partial charge in [0.25, 0.3) is 0 Å². The van der Waals surface area contributed by atoms with Crippen molar-refractivity contribution in [3.8, 4) is 11.4 Å². The Morgan fingerprint density at radius 1 is 1.00 bits per heavy atom. The highest BCUT2D eigenvalue weighted by Gasteiger charge is 2.09. The van der Waals surface area contributed by atoms with Crippen molar-refractivity contribution in [3.05, 3.63) is 41.1 Å². The third-order valence-electron chi connectivity index (χ3n) is 3.01. The van der Waals surface area contributed by atoms with Gasteiger partial charge in [0.05, 0.1) is 0 Å². The number of benzene rings is 1. The smallest absolute Gasteiger partial charge is 0.162 e. The van der Waals surface area contributed by atoms with Crippen molar-refractivity contribution in [2.45, 2.75) is 20.8 Å². The van der Waals surface area contributed by atoms with E-state index in [1.54, 1.807) is 0 Å². The molecule has 0 fully saturated rings. The molecule has 3 nitrogen and oxygen atoms in total. The number of nitrogens with zero attached hydrogens (tertiary/aromatic N) is 2. The summed E-state index contributed by atoms with van der Waals surface area (Å²) in [5.41, 5.74) is 4.40. The van der Waals surface area contributed by atoms with Crippen LogP contribution in [-0.4, -0.2) is 17.0 Å². The minimum Gasteiger partial charge on any atom is -0.373 e. The Bertz CT molecular complexity index is 547. The highest BCUT2D eigenvalue weighted by molar-refractivity contribution is 5.62. The number of aromatic nitrogens is 2. The molecule has 0 aliphatic heterocycles. The van der Waals surface area contributed by atoms with Gasteiger partial charge in [0.2, 0.25) is 0 Å².